The first-order valence-corrected chi connectivity index (χ1v) is 5.77. The molecule has 1 atom stereocenters. The van der Waals surface area contributed by atoms with E-state index in [9.17, 15) is 4.79 Å². The van der Waals surface area contributed by atoms with Gasteiger partial charge in [-0.3, -0.25) is 0 Å². The Balaban J connectivity index is 2.04. The smallest absolute Gasteiger partial charge is 0.333 e. The van der Waals surface area contributed by atoms with Crippen LogP contribution in [0.25, 0.3) is 0 Å². The molecular weight excluding hydrogens is 188 g/mol. The summed E-state index contributed by atoms with van der Waals surface area (Å²) in [5, 5.41) is 0. The maximum atomic E-state index is 11.0. The zero-order valence-electron chi connectivity index (χ0n) is 9.50. The van der Waals surface area contributed by atoms with Gasteiger partial charge in [-0.05, 0) is 32.1 Å². The summed E-state index contributed by atoms with van der Waals surface area (Å²) < 4.78 is 5.14. The van der Waals surface area contributed by atoms with Gasteiger partial charge in [-0.1, -0.05) is 25.7 Å². The van der Waals surface area contributed by atoms with Gasteiger partial charge < -0.3 is 4.74 Å². The fourth-order valence-electron chi connectivity index (χ4n) is 1.71. The minimum absolute atomic E-state index is 0.0974. The normalized spacial score (nSPS) is 21.3. The lowest BCUT2D eigenvalue weighted by molar-refractivity contribution is -0.139. The lowest BCUT2D eigenvalue weighted by Crippen LogP contribution is -2.05. The number of hydrogen-bond donors (Lipinski definition) is 0. The highest BCUT2D eigenvalue weighted by Crippen LogP contribution is 2.22. The Morgan fingerprint density at radius 3 is 2.87 bits per heavy atom. The number of esters is 1. The average Bonchev–Trinajstić information content (AvgIpc) is 2.52. The summed E-state index contributed by atoms with van der Waals surface area (Å²) in [5.74, 6) is -0.203. The summed E-state index contributed by atoms with van der Waals surface area (Å²) in [6.45, 7) is 5.81. The van der Waals surface area contributed by atoms with E-state index in [2.05, 4.69) is 25.7 Å². The van der Waals surface area contributed by atoms with Gasteiger partial charge in [0.2, 0.25) is 0 Å². The molecule has 1 aliphatic heterocycles. The molecule has 2 nitrogen and oxygen atoms in total. The van der Waals surface area contributed by atoms with Crippen molar-refractivity contribution in [3.05, 3.63) is 24.3 Å². The van der Waals surface area contributed by atoms with Gasteiger partial charge >= 0.3 is 5.97 Å². The largest absolute Gasteiger partial charge is 0.459 e. The van der Waals surface area contributed by atoms with E-state index in [0.29, 0.717) is 5.57 Å². The predicted molar refractivity (Wildman–Crippen MR) is 61.5 cm³/mol. The molecule has 0 aromatic heterocycles. The predicted octanol–water partition coefficient (Wildman–Crippen LogP) is 3.38. The maximum Gasteiger partial charge on any atom is 0.333 e. The summed E-state index contributed by atoms with van der Waals surface area (Å²) in [4.78, 5) is 11.0. The quantitative estimate of drug-likeness (QED) is 0.289. The zero-order valence-corrected chi connectivity index (χ0v) is 9.50. The van der Waals surface area contributed by atoms with Gasteiger partial charge in [-0.2, -0.15) is 0 Å². The summed E-state index contributed by atoms with van der Waals surface area (Å²) in [6.07, 6.45) is 10.8. The van der Waals surface area contributed by atoms with Crippen LogP contribution in [-0.2, 0) is 9.53 Å². The molecule has 84 valence electrons. The number of ether oxygens (including phenoxy) is 1. The number of allylic oxidation sites excluding steroid dienone is 2. The third-order valence-electron chi connectivity index (χ3n) is 2.59. The second-order valence-electron chi connectivity index (χ2n) is 4.00. The van der Waals surface area contributed by atoms with Crippen LogP contribution in [0, 0.1) is 0 Å². The van der Waals surface area contributed by atoms with Gasteiger partial charge in [0.05, 0.1) is 0 Å². The number of hydrogen-bond acceptors (Lipinski definition) is 2. The Morgan fingerprint density at radius 1 is 1.47 bits per heavy atom. The van der Waals surface area contributed by atoms with Crippen LogP contribution >= 0.6 is 0 Å². The topological polar surface area (TPSA) is 26.3 Å². The number of unbranched alkanes of at least 4 members (excludes halogenated alkanes) is 2. The lowest BCUT2D eigenvalue weighted by Gasteiger charge is -2.06. The molecule has 0 aliphatic carbocycles. The molecule has 1 fully saturated rings. The summed E-state index contributed by atoms with van der Waals surface area (Å²) in [6, 6.07) is 0. The Labute approximate surface area is 92.0 Å². The van der Waals surface area contributed by atoms with E-state index in [1.165, 1.54) is 6.42 Å². The second-order valence-corrected chi connectivity index (χ2v) is 4.00. The molecule has 0 aromatic rings. The number of carbonyl (C=O) groups excluding carboxylic acids is 1. The number of carbonyl (C=O) groups is 1. The molecule has 1 unspecified atom stereocenters. The average molecular weight is 208 g/mol. The van der Waals surface area contributed by atoms with E-state index < -0.39 is 0 Å². The van der Waals surface area contributed by atoms with Crippen LogP contribution in [-0.4, -0.2) is 12.1 Å². The molecular formula is C13H20O2. The van der Waals surface area contributed by atoms with E-state index in [-0.39, 0.29) is 12.1 Å². The number of cyclic esters (lactones) is 1. The van der Waals surface area contributed by atoms with Gasteiger partial charge in [0.1, 0.15) is 6.10 Å². The van der Waals surface area contributed by atoms with Gasteiger partial charge in [0.25, 0.3) is 0 Å². The molecule has 0 radical (unpaired) electrons. The van der Waals surface area contributed by atoms with Crippen molar-refractivity contribution in [1.82, 2.24) is 0 Å². The second kappa shape index (κ2) is 6.44. The van der Waals surface area contributed by atoms with Crippen molar-refractivity contribution in [2.45, 2.75) is 51.6 Å². The molecule has 1 heterocycles. The monoisotopic (exact) mass is 208 g/mol. The van der Waals surface area contributed by atoms with Crippen LogP contribution in [0.15, 0.2) is 24.3 Å². The van der Waals surface area contributed by atoms with E-state index in [1.54, 1.807) is 0 Å². The molecule has 1 aliphatic rings. The fourth-order valence-corrected chi connectivity index (χ4v) is 1.71. The maximum absolute atomic E-state index is 11.0. The zero-order chi connectivity index (χ0) is 11.1. The van der Waals surface area contributed by atoms with Crippen molar-refractivity contribution in [3.63, 3.8) is 0 Å². The van der Waals surface area contributed by atoms with Crippen molar-refractivity contribution < 1.29 is 9.53 Å². The molecule has 1 saturated heterocycles. The molecule has 0 N–H and O–H groups in total. The third kappa shape index (κ3) is 4.32. The van der Waals surface area contributed by atoms with Crippen molar-refractivity contribution in [2.24, 2.45) is 0 Å². The van der Waals surface area contributed by atoms with Crippen LogP contribution in [0.3, 0.4) is 0 Å². The summed E-state index contributed by atoms with van der Waals surface area (Å²) in [7, 11) is 0. The first-order valence-electron chi connectivity index (χ1n) is 5.77. The summed E-state index contributed by atoms with van der Waals surface area (Å²) in [5.41, 5.74) is 0.630. The molecule has 0 bridgehead atoms. The first-order chi connectivity index (χ1) is 7.24. The van der Waals surface area contributed by atoms with Gasteiger partial charge in [-0.25, -0.2) is 4.79 Å². The lowest BCUT2D eigenvalue weighted by atomic mass is 10.1. The highest BCUT2D eigenvalue weighted by atomic mass is 16.5. The highest BCUT2D eigenvalue weighted by Gasteiger charge is 2.26. The van der Waals surface area contributed by atoms with Crippen LogP contribution in [0.4, 0.5) is 0 Å². The number of rotatable bonds is 6. The van der Waals surface area contributed by atoms with Crippen LogP contribution in [0.2, 0.25) is 0 Å². The molecule has 0 saturated carbocycles. The molecule has 15 heavy (non-hydrogen) atoms. The van der Waals surface area contributed by atoms with Crippen molar-refractivity contribution in [1.29, 1.82) is 0 Å². The highest BCUT2D eigenvalue weighted by molar-refractivity contribution is 5.89. The Morgan fingerprint density at radius 2 is 2.27 bits per heavy atom. The van der Waals surface area contributed by atoms with Crippen LogP contribution < -0.4 is 0 Å². The minimum atomic E-state index is -0.203. The van der Waals surface area contributed by atoms with Crippen molar-refractivity contribution in [3.8, 4) is 0 Å². The van der Waals surface area contributed by atoms with E-state index in [0.717, 1.165) is 32.1 Å². The molecule has 2 heteroatoms. The fraction of sp³-hybridized carbons (Fsp3) is 0.615. The molecule has 0 spiro atoms. The van der Waals surface area contributed by atoms with Crippen molar-refractivity contribution >= 4 is 5.97 Å². The van der Waals surface area contributed by atoms with E-state index in [4.69, 9.17) is 4.74 Å². The Bertz CT molecular complexity index is 237. The third-order valence-corrected chi connectivity index (χ3v) is 2.59. The molecule has 0 aromatic carbocycles. The van der Waals surface area contributed by atoms with Crippen molar-refractivity contribution in [2.75, 3.05) is 0 Å². The van der Waals surface area contributed by atoms with Gasteiger partial charge in [0, 0.05) is 12.0 Å². The van der Waals surface area contributed by atoms with Gasteiger partial charge in [0.15, 0.2) is 0 Å². The van der Waals surface area contributed by atoms with E-state index in [1.807, 2.05) is 0 Å². The Kier molecular flexibility index (Phi) is 5.16. The standard InChI is InChI=1S/C13H20O2/c1-3-4-5-6-7-8-9-12-10-11(2)13(14)15-12/h4-5,12H,2-3,6-10H2,1H3/b5-4+. The Hall–Kier alpha value is -1.05. The minimum Gasteiger partial charge on any atom is -0.459 e. The van der Waals surface area contributed by atoms with Gasteiger partial charge in [-0.15, -0.1) is 0 Å². The van der Waals surface area contributed by atoms with Crippen LogP contribution in [0.5, 0.6) is 0 Å². The summed E-state index contributed by atoms with van der Waals surface area (Å²) >= 11 is 0. The first kappa shape index (κ1) is 12.0. The molecule has 1 rings (SSSR count). The van der Waals surface area contributed by atoms with E-state index >= 15 is 0 Å². The SMILES string of the molecule is C=C1CC(CCCC/C=C/CC)OC1=O. The molecule has 0 amide bonds. The van der Waals surface area contributed by atoms with Crippen LogP contribution in [0.1, 0.15) is 45.4 Å².